The first-order valence-corrected chi connectivity index (χ1v) is 13.1. The van der Waals surface area contributed by atoms with Crippen molar-refractivity contribution in [1.29, 1.82) is 0 Å². The molecule has 1 aliphatic rings. The van der Waals surface area contributed by atoms with E-state index in [4.69, 9.17) is 16.2 Å². The zero-order chi connectivity index (χ0) is 28.2. The van der Waals surface area contributed by atoms with Crippen LogP contribution in [0, 0.1) is 0 Å². The van der Waals surface area contributed by atoms with Gasteiger partial charge in [-0.05, 0) is 57.4 Å². The zero-order valence-electron chi connectivity index (χ0n) is 22.6. The standard InChI is InChI=1S/C29H36N6O4/c1-29(2,3)39-27(38)22(14-9-15-32-28(30)31)34-25(36)24-16-20-19-12-7-8-13-21(19)33-23(20)17-35(24)26(37)18-10-5-4-6-11-18/h4-8,10-13,22,24,33H,9,14-17H2,1-3H3,(H,34,36)(H4,30,31,32). The minimum absolute atomic E-state index is 0.0420. The summed E-state index contributed by atoms with van der Waals surface area (Å²) in [6, 6.07) is 15.0. The molecule has 2 aromatic carbocycles. The van der Waals surface area contributed by atoms with Gasteiger partial charge in [-0.3, -0.25) is 14.6 Å². The molecule has 0 saturated heterocycles. The summed E-state index contributed by atoms with van der Waals surface area (Å²) in [5.41, 5.74) is 13.4. The maximum absolute atomic E-state index is 13.8. The van der Waals surface area contributed by atoms with Crippen molar-refractivity contribution in [2.75, 3.05) is 6.54 Å². The summed E-state index contributed by atoms with van der Waals surface area (Å²) >= 11 is 0. The fourth-order valence-corrected chi connectivity index (χ4v) is 4.80. The number of benzene rings is 2. The summed E-state index contributed by atoms with van der Waals surface area (Å²) in [5, 5.41) is 3.89. The van der Waals surface area contributed by atoms with Crippen LogP contribution in [0.15, 0.2) is 59.6 Å². The Morgan fingerprint density at radius 3 is 2.49 bits per heavy atom. The number of amides is 2. The molecule has 39 heavy (non-hydrogen) atoms. The minimum Gasteiger partial charge on any atom is -0.458 e. The quantitative estimate of drug-likeness (QED) is 0.151. The molecule has 0 aliphatic carbocycles. The first-order chi connectivity index (χ1) is 18.5. The number of rotatable bonds is 8. The third kappa shape index (κ3) is 6.76. The zero-order valence-corrected chi connectivity index (χ0v) is 22.6. The average Bonchev–Trinajstić information content (AvgIpc) is 3.26. The van der Waals surface area contributed by atoms with Gasteiger partial charge in [0.2, 0.25) is 5.91 Å². The third-order valence-corrected chi connectivity index (χ3v) is 6.54. The maximum Gasteiger partial charge on any atom is 0.329 e. The van der Waals surface area contributed by atoms with Crippen LogP contribution in [0.5, 0.6) is 0 Å². The highest BCUT2D eigenvalue weighted by Crippen LogP contribution is 2.31. The lowest BCUT2D eigenvalue weighted by molar-refractivity contribution is -0.159. The molecule has 2 unspecified atom stereocenters. The number of nitrogens with one attached hydrogen (secondary N) is 2. The summed E-state index contributed by atoms with van der Waals surface area (Å²) in [4.78, 5) is 49.5. The van der Waals surface area contributed by atoms with E-state index in [1.165, 1.54) is 0 Å². The van der Waals surface area contributed by atoms with Crippen LogP contribution in [-0.4, -0.2) is 57.9 Å². The van der Waals surface area contributed by atoms with Gasteiger partial charge in [0, 0.05) is 35.1 Å². The Balaban J connectivity index is 1.63. The second-order valence-electron chi connectivity index (χ2n) is 10.7. The minimum atomic E-state index is -0.927. The lowest BCUT2D eigenvalue weighted by Gasteiger charge is -2.36. The molecular formula is C29H36N6O4. The van der Waals surface area contributed by atoms with Crippen molar-refractivity contribution in [3.63, 3.8) is 0 Å². The summed E-state index contributed by atoms with van der Waals surface area (Å²) in [6.45, 7) is 5.84. The largest absolute Gasteiger partial charge is 0.458 e. The van der Waals surface area contributed by atoms with Gasteiger partial charge in [0.05, 0.1) is 6.54 Å². The monoisotopic (exact) mass is 532 g/mol. The van der Waals surface area contributed by atoms with Gasteiger partial charge in [-0.15, -0.1) is 0 Å². The molecule has 206 valence electrons. The molecule has 6 N–H and O–H groups in total. The van der Waals surface area contributed by atoms with Crippen molar-refractivity contribution >= 4 is 34.6 Å². The Morgan fingerprint density at radius 2 is 1.79 bits per heavy atom. The number of hydrogen-bond acceptors (Lipinski definition) is 5. The number of aliphatic imine (C=N–C) groups is 1. The number of ether oxygens (including phenoxy) is 1. The second-order valence-corrected chi connectivity index (χ2v) is 10.7. The van der Waals surface area contributed by atoms with Gasteiger partial charge in [0.15, 0.2) is 5.96 Å². The number of carbonyl (C=O) groups is 3. The van der Waals surface area contributed by atoms with Gasteiger partial charge in [-0.1, -0.05) is 36.4 Å². The third-order valence-electron chi connectivity index (χ3n) is 6.54. The van der Waals surface area contributed by atoms with Crippen molar-refractivity contribution < 1.29 is 19.1 Å². The molecule has 0 radical (unpaired) electrons. The molecule has 2 atom stereocenters. The van der Waals surface area contributed by atoms with E-state index in [0.717, 1.165) is 22.2 Å². The first kappa shape index (κ1) is 27.7. The number of nitrogens with two attached hydrogens (primary N) is 2. The highest BCUT2D eigenvalue weighted by molar-refractivity contribution is 5.99. The Bertz CT molecular complexity index is 1370. The summed E-state index contributed by atoms with van der Waals surface area (Å²) in [5.74, 6) is -1.28. The number of carbonyl (C=O) groups excluding carboxylic acids is 3. The smallest absolute Gasteiger partial charge is 0.329 e. The molecule has 0 saturated carbocycles. The Morgan fingerprint density at radius 1 is 1.10 bits per heavy atom. The Kier molecular flexibility index (Phi) is 8.23. The van der Waals surface area contributed by atoms with Gasteiger partial charge in [0.25, 0.3) is 5.91 Å². The summed E-state index contributed by atoms with van der Waals surface area (Å²) < 4.78 is 5.59. The highest BCUT2D eigenvalue weighted by atomic mass is 16.6. The maximum atomic E-state index is 13.8. The van der Waals surface area contributed by atoms with Crippen LogP contribution in [0.4, 0.5) is 0 Å². The van der Waals surface area contributed by atoms with E-state index >= 15 is 0 Å². The van der Waals surface area contributed by atoms with Crippen molar-refractivity contribution in [3.8, 4) is 0 Å². The first-order valence-electron chi connectivity index (χ1n) is 13.1. The number of hydrogen-bond donors (Lipinski definition) is 4. The van der Waals surface area contributed by atoms with E-state index in [0.29, 0.717) is 24.9 Å². The van der Waals surface area contributed by atoms with E-state index in [1.807, 2.05) is 30.3 Å². The van der Waals surface area contributed by atoms with Gasteiger partial charge < -0.3 is 31.4 Å². The van der Waals surface area contributed by atoms with Crippen molar-refractivity contribution in [2.45, 2.75) is 64.3 Å². The van der Waals surface area contributed by atoms with Gasteiger partial charge in [-0.25, -0.2) is 4.79 Å². The molecule has 3 aromatic rings. The van der Waals surface area contributed by atoms with E-state index in [9.17, 15) is 14.4 Å². The van der Waals surface area contributed by atoms with Crippen molar-refractivity contribution in [2.24, 2.45) is 16.5 Å². The van der Waals surface area contributed by atoms with E-state index in [-0.39, 0.29) is 24.8 Å². The van der Waals surface area contributed by atoms with Crippen LogP contribution in [-0.2, 0) is 27.3 Å². The summed E-state index contributed by atoms with van der Waals surface area (Å²) in [7, 11) is 0. The number of para-hydroxylation sites is 1. The topological polar surface area (TPSA) is 156 Å². The molecule has 2 amide bonds. The molecule has 2 heterocycles. The van der Waals surface area contributed by atoms with Gasteiger partial charge in [0.1, 0.15) is 17.7 Å². The molecule has 0 spiro atoms. The number of nitrogens with zero attached hydrogens (tertiary/aromatic N) is 2. The summed E-state index contributed by atoms with van der Waals surface area (Å²) in [6.07, 6.45) is 1.03. The normalized spacial score (nSPS) is 15.8. The Labute approximate surface area is 227 Å². The number of esters is 1. The van der Waals surface area contributed by atoms with E-state index in [2.05, 4.69) is 15.3 Å². The number of aromatic amines is 1. The van der Waals surface area contributed by atoms with Crippen molar-refractivity contribution in [1.82, 2.24) is 15.2 Å². The van der Waals surface area contributed by atoms with Crippen molar-refractivity contribution in [3.05, 3.63) is 71.4 Å². The molecule has 0 bridgehead atoms. The number of aromatic nitrogens is 1. The molecule has 10 heteroatoms. The average molecular weight is 533 g/mol. The number of H-pyrrole nitrogens is 1. The molecule has 1 aromatic heterocycles. The molecule has 4 rings (SSSR count). The molecular weight excluding hydrogens is 496 g/mol. The lowest BCUT2D eigenvalue weighted by atomic mass is 9.94. The SMILES string of the molecule is CC(C)(C)OC(=O)C(CCCN=C(N)N)NC(=O)C1Cc2c([nH]c3ccccc23)CN1C(=O)c1ccccc1. The van der Waals surface area contributed by atoms with E-state index < -0.39 is 29.6 Å². The predicted molar refractivity (Wildman–Crippen MR) is 150 cm³/mol. The van der Waals surface area contributed by atoms with Crippen LogP contribution in [0.2, 0.25) is 0 Å². The number of guanidine groups is 1. The van der Waals surface area contributed by atoms with Crippen LogP contribution in [0.25, 0.3) is 10.9 Å². The van der Waals surface area contributed by atoms with Crippen LogP contribution in [0.1, 0.15) is 55.2 Å². The second kappa shape index (κ2) is 11.6. The lowest BCUT2D eigenvalue weighted by Crippen LogP contribution is -2.56. The predicted octanol–water partition coefficient (Wildman–Crippen LogP) is 2.62. The molecule has 1 aliphatic heterocycles. The van der Waals surface area contributed by atoms with Gasteiger partial charge in [-0.2, -0.15) is 0 Å². The molecule has 0 fully saturated rings. The fourth-order valence-electron chi connectivity index (χ4n) is 4.80. The van der Waals surface area contributed by atoms with Gasteiger partial charge >= 0.3 is 5.97 Å². The highest BCUT2D eigenvalue weighted by Gasteiger charge is 2.38. The van der Waals surface area contributed by atoms with E-state index in [1.54, 1.807) is 49.9 Å². The van der Waals surface area contributed by atoms with Crippen LogP contribution < -0.4 is 16.8 Å². The molecule has 10 nitrogen and oxygen atoms in total. The Hall–Kier alpha value is -4.34. The number of fused-ring (bicyclic) bond motifs is 3. The van der Waals surface area contributed by atoms with Crippen LogP contribution in [0.3, 0.4) is 0 Å². The van der Waals surface area contributed by atoms with Crippen LogP contribution >= 0.6 is 0 Å². The fraction of sp³-hybridized carbons (Fsp3) is 0.379.